The Balaban J connectivity index is 1.57. The highest BCUT2D eigenvalue weighted by molar-refractivity contribution is 5.96. The van der Waals surface area contributed by atoms with E-state index in [4.69, 9.17) is 0 Å². The third-order valence-corrected chi connectivity index (χ3v) is 12.3. The van der Waals surface area contributed by atoms with Gasteiger partial charge in [-0.05, 0) is 98.4 Å². The quantitative estimate of drug-likeness (QED) is 0.528. The third-order valence-electron chi connectivity index (χ3n) is 12.3. The number of carbonyl (C=O) groups is 1. The molecule has 0 heterocycles. The lowest BCUT2D eigenvalue weighted by Crippen LogP contribution is -2.63. The summed E-state index contributed by atoms with van der Waals surface area (Å²) in [5.41, 5.74) is 1.79. The molecule has 0 saturated heterocycles. The van der Waals surface area contributed by atoms with Crippen molar-refractivity contribution in [2.75, 3.05) is 6.61 Å². The lowest BCUT2D eigenvalue weighted by Gasteiger charge is -2.68. The van der Waals surface area contributed by atoms with Crippen molar-refractivity contribution in [1.29, 1.82) is 0 Å². The molecule has 0 aromatic carbocycles. The van der Waals surface area contributed by atoms with Crippen LogP contribution in [0.4, 0.5) is 0 Å². The van der Waals surface area contributed by atoms with Crippen molar-refractivity contribution < 1.29 is 20.1 Å². The molecule has 3 N–H and O–H groups in total. The van der Waals surface area contributed by atoms with Crippen LogP contribution in [0.15, 0.2) is 23.8 Å². The third kappa shape index (κ3) is 2.78. The fourth-order valence-electron chi connectivity index (χ4n) is 10.1. The summed E-state index contributed by atoms with van der Waals surface area (Å²) in [5, 5.41) is 32.4. The summed E-state index contributed by atoms with van der Waals surface area (Å²) in [6.07, 6.45) is 7.30. The molecule has 0 aromatic heterocycles. The summed E-state index contributed by atoms with van der Waals surface area (Å²) >= 11 is 0. The lowest BCUT2D eigenvalue weighted by molar-refractivity contribution is -0.193. The smallest absolute Gasteiger partial charge is 0.184 e. The van der Waals surface area contributed by atoms with Gasteiger partial charge in [-0.25, -0.2) is 0 Å². The normalized spacial score (nSPS) is 52.8. The molecule has 10 unspecified atom stereocenters. The molecule has 5 aliphatic carbocycles. The first kappa shape index (κ1) is 23.8. The van der Waals surface area contributed by atoms with E-state index in [2.05, 4.69) is 41.2 Å². The second kappa shape index (κ2) is 7.27. The van der Waals surface area contributed by atoms with Crippen molar-refractivity contribution in [3.05, 3.63) is 23.8 Å². The van der Waals surface area contributed by atoms with Gasteiger partial charge in [0, 0.05) is 10.8 Å². The zero-order valence-electron chi connectivity index (χ0n) is 21.2. The van der Waals surface area contributed by atoms with Crippen molar-refractivity contribution in [2.45, 2.75) is 91.8 Å². The molecule has 0 aliphatic heterocycles. The van der Waals surface area contributed by atoms with Crippen LogP contribution in [-0.4, -0.2) is 39.9 Å². The van der Waals surface area contributed by atoms with Gasteiger partial charge in [-0.3, -0.25) is 4.79 Å². The highest BCUT2D eigenvalue weighted by Gasteiger charge is 2.69. The number of hydrogen-bond acceptors (Lipinski definition) is 4. The van der Waals surface area contributed by atoms with Gasteiger partial charge in [-0.1, -0.05) is 45.4 Å². The average Bonchev–Trinajstić information content (AvgIpc) is 3.05. The predicted molar refractivity (Wildman–Crippen MR) is 129 cm³/mol. The van der Waals surface area contributed by atoms with Gasteiger partial charge in [-0.15, -0.1) is 0 Å². The van der Waals surface area contributed by atoms with Gasteiger partial charge in [0.1, 0.15) is 6.10 Å². The SMILES string of the molecule is C=C(C)C1CC(O)C2(CO)CCC3(C)C(CCC4C5=CC(=O)C(O)C(C)(C)C5CCC43C)C12. The van der Waals surface area contributed by atoms with E-state index in [1.165, 1.54) is 5.57 Å². The Kier molecular flexibility index (Phi) is 5.24. The summed E-state index contributed by atoms with van der Waals surface area (Å²) in [6, 6.07) is 0. The molecule has 184 valence electrons. The van der Waals surface area contributed by atoms with Crippen LogP contribution in [0.1, 0.15) is 79.6 Å². The standard InChI is InChI=1S/C29H44O4/c1-16(2)17-14-23(32)29(15-30)12-11-28(6)21(24(17)29)8-7-20-18-13-22(31)25(33)26(3,4)19(18)9-10-27(20,28)5/h13,17,19-21,23-25,30,32-33H,1,7-12,14-15H2,2-6H3. The minimum Gasteiger partial charge on any atom is -0.396 e. The Morgan fingerprint density at radius 1 is 1.03 bits per heavy atom. The molecule has 4 saturated carbocycles. The second-order valence-electron chi connectivity index (χ2n) is 13.6. The zero-order chi connectivity index (χ0) is 24.1. The van der Waals surface area contributed by atoms with Crippen LogP contribution in [0.3, 0.4) is 0 Å². The van der Waals surface area contributed by atoms with E-state index >= 15 is 0 Å². The number of aliphatic hydroxyl groups excluding tert-OH is 3. The molecular weight excluding hydrogens is 412 g/mol. The molecule has 10 atom stereocenters. The monoisotopic (exact) mass is 456 g/mol. The topological polar surface area (TPSA) is 77.8 Å². The number of carbonyl (C=O) groups excluding carboxylic acids is 1. The molecule has 0 bridgehead atoms. The van der Waals surface area contributed by atoms with Gasteiger partial charge in [0.15, 0.2) is 5.78 Å². The number of allylic oxidation sites excluding steroid dienone is 2. The number of aliphatic hydroxyl groups is 3. The second-order valence-corrected chi connectivity index (χ2v) is 13.6. The minimum absolute atomic E-state index is 0.0587. The van der Waals surface area contributed by atoms with E-state index in [1.54, 1.807) is 0 Å². The van der Waals surface area contributed by atoms with Gasteiger partial charge < -0.3 is 15.3 Å². The van der Waals surface area contributed by atoms with E-state index in [-0.39, 0.29) is 41.0 Å². The van der Waals surface area contributed by atoms with Crippen LogP contribution in [0.2, 0.25) is 0 Å². The maximum atomic E-state index is 12.8. The Hall–Kier alpha value is -0.970. The van der Waals surface area contributed by atoms with Crippen LogP contribution >= 0.6 is 0 Å². The van der Waals surface area contributed by atoms with Gasteiger partial charge in [0.05, 0.1) is 12.7 Å². The van der Waals surface area contributed by atoms with Crippen molar-refractivity contribution >= 4 is 5.78 Å². The Morgan fingerprint density at radius 3 is 2.36 bits per heavy atom. The predicted octanol–water partition coefficient (Wildman–Crippen LogP) is 4.68. The first-order valence-electron chi connectivity index (χ1n) is 13.2. The molecule has 0 aromatic rings. The lowest BCUT2D eigenvalue weighted by atomic mass is 9.36. The largest absolute Gasteiger partial charge is 0.396 e. The minimum atomic E-state index is -0.904. The molecule has 5 aliphatic rings. The summed E-state index contributed by atoms with van der Waals surface area (Å²) in [4.78, 5) is 12.8. The number of ketones is 1. The number of hydrogen-bond donors (Lipinski definition) is 3. The molecule has 5 rings (SSSR count). The van der Waals surface area contributed by atoms with Gasteiger partial charge in [0.25, 0.3) is 0 Å². The van der Waals surface area contributed by atoms with Crippen LogP contribution in [0.5, 0.6) is 0 Å². The van der Waals surface area contributed by atoms with Crippen LogP contribution in [0.25, 0.3) is 0 Å². The molecule has 0 amide bonds. The molecule has 4 heteroatoms. The van der Waals surface area contributed by atoms with Gasteiger partial charge in [0.2, 0.25) is 0 Å². The van der Waals surface area contributed by atoms with Crippen LogP contribution < -0.4 is 0 Å². The van der Waals surface area contributed by atoms with E-state index in [9.17, 15) is 20.1 Å². The average molecular weight is 457 g/mol. The first-order valence-corrected chi connectivity index (χ1v) is 13.2. The summed E-state index contributed by atoms with van der Waals surface area (Å²) < 4.78 is 0. The molecule has 4 fully saturated rings. The maximum Gasteiger partial charge on any atom is 0.184 e. The zero-order valence-corrected chi connectivity index (χ0v) is 21.2. The highest BCUT2D eigenvalue weighted by Crippen LogP contribution is 2.74. The summed E-state index contributed by atoms with van der Waals surface area (Å²) in [7, 11) is 0. The molecule has 4 nitrogen and oxygen atoms in total. The molecular formula is C29H44O4. The van der Waals surface area contributed by atoms with Crippen molar-refractivity contribution in [2.24, 2.45) is 51.2 Å². The summed E-state index contributed by atoms with van der Waals surface area (Å²) in [6.45, 7) is 15.6. The molecule has 0 radical (unpaired) electrons. The van der Waals surface area contributed by atoms with Crippen LogP contribution in [0, 0.1) is 51.2 Å². The first-order chi connectivity index (χ1) is 15.3. The molecule has 33 heavy (non-hydrogen) atoms. The van der Waals surface area contributed by atoms with Crippen molar-refractivity contribution in [3.63, 3.8) is 0 Å². The summed E-state index contributed by atoms with van der Waals surface area (Å²) in [5.74, 6) is 1.48. The maximum absolute atomic E-state index is 12.8. The fourth-order valence-corrected chi connectivity index (χ4v) is 10.1. The van der Waals surface area contributed by atoms with Crippen molar-refractivity contribution in [3.8, 4) is 0 Å². The van der Waals surface area contributed by atoms with Gasteiger partial charge >= 0.3 is 0 Å². The highest BCUT2D eigenvalue weighted by atomic mass is 16.3. The Labute approximate surface area is 199 Å². The van der Waals surface area contributed by atoms with E-state index < -0.39 is 23.0 Å². The number of fused-ring (bicyclic) bond motifs is 7. The Morgan fingerprint density at radius 2 is 1.73 bits per heavy atom. The van der Waals surface area contributed by atoms with E-state index in [0.29, 0.717) is 11.8 Å². The van der Waals surface area contributed by atoms with Crippen LogP contribution in [-0.2, 0) is 4.79 Å². The fraction of sp³-hybridized carbons (Fsp3) is 0.828. The van der Waals surface area contributed by atoms with Gasteiger partial charge in [-0.2, -0.15) is 0 Å². The Bertz CT molecular complexity index is 903. The van der Waals surface area contributed by atoms with E-state index in [1.807, 2.05) is 6.08 Å². The number of rotatable bonds is 2. The van der Waals surface area contributed by atoms with E-state index in [0.717, 1.165) is 50.5 Å². The molecule has 0 spiro atoms. The van der Waals surface area contributed by atoms with Crippen molar-refractivity contribution in [1.82, 2.24) is 0 Å².